The Bertz CT molecular complexity index is 747. The van der Waals surface area contributed by atoms with E-state index >= 15 is 0 Å². The van der Waals surface area contributed by atoms with E-state index in [1.807, 2.05) is 38.1 Å². The van der Waals surface area contributed by atoms with Crippen molar-refractivity contribution in [2.45, 2.75) is 58.6 Å². The van der Waals surface area contributed by atoms with Crippen molar-refractivity contribution in [3.63, 3.8) is 0 Å². The van der Waals surface area contributed by atoms with Gasteiger partial charge < -0.3 is 20.1 Å². The molecule has 3 rings (SSSR count). The first kappa shape index (κ1) is 19.7. The molecule has 27 heavy (non-hydrogen) atoms. The van der Waals surface area contributed by atoms with E-state index in [1.165, 1.54) is 6.42 Å². The van der Waals surface area contributed by atoms with E-state index in [0.717, 1.165) is 36.3 Å². The van der Waals surface area contributed by atoms with Crippen LogP contribution in [0.25, 0.3) is 0 Å². The number of allylic oxidation sites excluding steroid dienone is 1. The molecule has 1 aliphatic heterocycles. The maximum Gasteiger partial charge on any atom is 0.338 e. The van der Waals surface area contributed by atoms with Crippen LogP contribution in [0, 0.1) is 5.92 Å². The van der Waals surface area contributed by atoms with Crippen LogP contribution in [0.1, 0.15) is 58.1 Å². The SMILES string of the molecule is CCOc1ccccc1[C@H]1NC(=S)NC(C)=C1C(=O)O[C@H]1CCC[C@H](C)C1. The monoisotopic (exact) mass is 388 g/mol. The summed E-state index contributed by atoms with van der Waals surface area (Å²) in [6.45, 7) is 6.57. The van der Waals surface area contributed by atoms with E-state index < -0.39 is 6.04 Å². The minimum Gasteiger partial charge on any atom is -0.494 e. The molecular weight excluding hydrogens is 360 g/mol. The fourth-order valence-corrected chi connectivity index (χ4v) is 4.17. The van der Waals surface area contributed by atoms with E-state index in [4.69, 9.17) is 21.7 Å². The first-order valence-electron chi connectivity index (χ1n) is 9.70. The number of benzene rings is 1. The molecule has 6 heteroatoms. The third kappa shape index (κ3) is 4.61. The summed E-state index contributed by atoms with van der Waals surface area (Å²) in [5.41, 5.74) is 2.17. The fourth-order valence-electron chi connectivity index (χ4n) is 3.90. The van der Waals surface area contributed by atoms with E-state index in [-0.39, 0.29) is 12.1 Å². The van der Waals surface area contributed by atoms with Crippen LogP contribution in [0.2, 0.25) is 0 Å². The zero-order valence-corrected chi connectivity index (χ0v) is 17.0. The standard InChI is InChI=1S/C21H28N2O3S/c1-4-25-17-11-6-5-10-16(17)19-18(14(3)22-21(27)23-19)20(24)26-15-9-7-8-13(2)12-15/h5-6,10-11,13,15,19H,4,7-9,12H2,1-3H3,(H2,22,23,27)/t13-,15-,19+/m0/s1. The molecule has 146 valence electrons. The second kappa shape index (κ2) is 8.74. The summed E-state index contributed by atoms with van der Waals surface area (Å²) >= 11 is 5.33. The molecular formula is C21H28N2O3S. The van der Waals surface area contributed by atoms with E-state index in [0.29, 0.717) is 23.2 Å². The number of rotatable bonds is 5. The average molecular weight is 389 g/mol. The molecule has 1 aliphatic carbocycles. The summed E-state index contributed by atoms with van der Waals surface area (Å²) in [6.07, 6.45) is 4.16. The largest absolute Gasteiger partial charge is 0.494 e. The average Bonchev–Trinajstić information content (AvgIpc) is 2.61. The van der Waals surface area contributed by atoms with Crippen molar-refractivity contribution in [2.24, 2.45) is 5.92 Å². The molecule has 0 saturated heterocycles. The lowest BCUT2D eigenvalue weighted by molar-refractivity contribution is -0.146. The molecule has 1 aromatic carbocycles. The zero-order valence-electron chi connectivity index (χ0n) is 16.2. The number of ether oxygens (including phenoxy) is 2. The van der Waals surface area contributed by atoms with Gasteiger partial charge in [0.25, 0.3) is 0 Å². The fraction of sp³-hybridized carbons (Fsp3) is 0.524. The smallest absolute Gasteiger partial charge is 0.338 e. The van der Waals surface area contributed by atoms with Crippen LogP contribution in [-0.2, 0) is 9.53 Å². The Kier molecular flexibility index (Phi) is 6.37. The van der Waals surface area contributed by atoms with Crippen LogP contribution in [0.15, 0.2) is 35.5 Å². The molecule has 1 fully saturated rings. The van der Waals surface area contributed by atoms with Gasteiger partial charge in [-0.05, 0) is 57.3 Å². The number of thiocarbonyl (C=S) groups is 1. The Hall–Kier alpha value is -2.08. The Morgan fingerprint density at radius 3 is 2.81 bits per heavy atom. The highest BCUT2D eigenvalue weighted by Crippen LogP contribution is 2.35. The lowest BCUT2D eigenvalue weighted by atomic mass is 9.88. The third-order valence-corrected chi connectivity index (χ3v) is 5.40. The Labute approximate surface area is 166 Å². The quantitative estimate of drug-likeness (QED) is 0.587. The molecule has 0 bridgehead atoms. The number of hydrogen-bond donors (Lipinski definition) is 2. The molecule has 0 radical (unpaired) electrons. The highest BCUT2D eigenvalue weighted by atomic mass is 32.1. The van der Waals surface area contributed by atoms with Crippen molar-refractivity contribution in [3.8, 4) is 5.75 Å². The van der Waals surface area contributed by atoms with Gasteiger partial charge >= 0.3 is 5.97 Å². The van der Waals surface area contributed by atoms with Gasteiger partial charge in [0.1, 0.15) is 11.9 Å². The van der Waals surface area contributed by atoms with Crippen LogP contribution in [-0.4, -0.2) is 23.8 Å². The molecule has 2 aliphatic rings. The van der Waals surface area contributed by atoms with Crippen molar-refractivity contribution in [1.29, 1.82) is 0 Å². The highest BCUT2D eigenvalue weighted by molar-refractivity contribution is 7.80. The number of carbonyl (C=O) groups is 1. The minimum atomic E-state index is -0.394. The molecule has 1 heterocycles. The van der Waals surface area contributed by atoms with Crippen molar-refractivity contribution in [1.82, 2.24) is 10.6 Å². The summed E-state index contributed by atoms with van der Waals surface area (Å²) in [7, 11) is 0. The van der Waals surface area contributed by atoms with Gasteiger partial charge in [0.2, 0.25) is 0 Å². The van der Waals surface area contributed by atoms with Gasteiger partial charge in [0.15, 0.2) is 5.11 Å². The van der Waals surface area contributed by atoms with Gasteiger partial charge in [0, 0.05) is 11.3 Å². The highest BCUT2D eigenvalue weighted by Gasteiger charge is 2.34. The van der Waals surface area contributed by atoms with Crippen LogP contribution in [0.5, 0.6) is 5.75 Å². The summed E-state index contributed by atoms with van der Waals surface area (Å²) in [4.78, 5) is 13.1. The summed E-state index contributed by atoms with van der Waals surface area (Å²) in [6, 6.07) is 7.33. The second-order valence-electron chi connectivity index (χ2n) is 7.34. The summed E-state index contributed by atoms with van der Waals surface area (Å²) < 4.78 is 11.7. The molecule has 1 aromatic rings. The van der Waals surface area contributed by atoms with Gasteiger partial charge in [-0.3, -0.25) is 0 Å². The number of hydrogen-bond acceptors (Lipinski definition) is 4. The van der Waals surface area contributed by atoms with Crippen molar-refractivity contribution >= 4 is 23.3 Å². The molecule has 0 spiro atoms. The predicted octanol–water partition coefficient (Wildman–Crippen LogP) is 4.00. The molecule has 2 N–H and O–H groups in total. The summed E-state index contributed by atoms with van der Waals surface area (Å²) in [5, 5.41) is 6.78. The van der Waals surface area contributed by atoms with E-state index in [2.05, 4.69) is 17.6 Å². The topological polar surface area (TPSA) is 59.6 Å². The van der Waals surface area contributed by atoms with Gasteiger partial charge in [-0.2, -0.15) is 0 Å². The number of nitrogens with one attached hydrogen (secondary N) is 2. The second-order valence-corrected chi connectivity index (χ2v) is 7.75. The number of esters is 1. The molecule has 0 aromatic heterocycles. The van der Waals surface area contributed by atoms with Crippen molar-refractivity contribution in [3.05, 3.63) is 41.1 Å². The van der Waals surface area contributed by atoms with Crippen LogP contribution in [0.4, 0.5) is 0 Å². The van der Waals surface area contributed by atoms with E-state index in [9.17, 15) is 4.79 Å². The molecule has 1 saturated carbocycles. The van der Waals surface area contributed by atoms with Crippen LogP contribution < -0.4 is 15.4 Å². The predicted molar refractivity (Wildman–Crippen MR) is 109 cm³/mol. The van der Waals surface area contributed by atoms with Gasteiger partial charge in [-0.1, -0.05) is 31.5 Å². The molecule has 0 unspecified atom stereocenters. The molecule has 5 nitrogen and oxygen atoms in total. The maximum atomic E-state index is 13.1. The first-order chi connectivity index (χ1) is 13.0. The summed E-state index contributed by atoms with van der Waals surface area (Å²) in [5.74, 6) is 1.05. The normalized spacial score (nSPS) is 25.4. The minimum absolute atomic E-state index is 0.0155. The number of para-hydroxylation sites is 1. The Morgan fingerprint density at radius 1 is 1.30 bits per heavy atom. The van der Waals surface area contributed by atoms with Crippen molar-refractivity contribution < 1.29 is 14.3 Å². The Balaban J connectivity index is 1.89. The lowest BCUT2D eigenvalue weighted by Gasteiger charge is -2.32. The van der Waals surface area contributed by atoms with Gasteiger partial charge in [0.05, 0.1) is 18.2 Å². The van der Waals surface area contributed by atoms with E-state index in [1.54, 1.807) is 0 Å². The van der Waals surface area contributed by atoms with Gasteiger partial charge in [-0.25, -0.2) is 4.79 Å². The van der Waals surface area contributed by atoms with Crippen molar-refractivity contribution in [2.75, 3.05) is 6.61 Å². The maximum absolute atomic E-state index is 13.1. The molecule has 0 amide bonds. The third-order valence-electron chi connectivity index (χ3n) is 5.18. The molecule has 3 atom stereocenters. The van der Waals surface area contributed by atoms with Crippen LogP contribution in [0.3, 0.4) is 0 Å². The lowest BCUT2D eigenvalue weighted by Crippen LogP contribution is -2.45. The van der Waals surface area contributed by atoms with Crippen LogP contribution >= 0.6 is 12.2 Å². The number of carbonyl (C=O) groups excluding carboxylic acids is 1. The Morgan fingerprint density at radius 2 is 2.07 bits per heavy atom. The van der Waals surface area contributed by atoms with Gasteiger partial charge in [-0.15, -0.1) is 0 Å². The zero-order chi connectivity index (χ0) is 19.4. The first-order valence-corrected chi connectivity index (χ1v) is 10.1.